The Morgan fingerprint density at radius 3 is 2.05 bits per heavy atom. The SMILES string of the molecule is COP1(F)=NP(F)(OC)=N[P+](F)(C=O)NP(F)(N(C)C)=N1. The molecular formula is C5H14F4N5O3P4+. The highest BCUT2D eigenvalue weighted by atomic mass is 31.3. The van der Waals surface area contributed by atoms with Crippen LogP contribution in [-0.2, 0) is 13.8 Å². The molecule has 1 aliphatic heterocycles. The van der Waals surface area contributed by atoms with Gasteiger partial charge in [0, 0.05) is 18.7 Å². The van der Waals surface area contributed by atoms with Gasteiger partial charge in [-0.2, -0.15) is 12.6 Å². The molecule has 0 aromatic heterocycles. The summed E-state index contributed by atoms with van der Waals surface area (Å²) >= 11 is 0. The second kappa shape index (κ2) is 6.46. The summed E-state index contributed by atoms with van der Waals surface area (Å²) in [7, 11) is -15.2. The molecule has 0 saturated carbocycles. The van der Waals surface area contributed by atoms with Crippen molar-refractivity contribution in [1.29, 1.82) is 0 Å². The predicted molar refractivity (Wildman–Crippen MR) is 77.0 cm³/mol. The summed E-state index contributed by atoms with van der Waals surface area (Å²) < 4.78 is 75.8. The Bertz CT molecular complexity index is 599. The average Bonchev–Trinajstić information content (AvgIpc) is 2.36. The lowest BCUT2D eigenvalue weighted by Gasteiger charge is -2.25. The molecule has 4 unspecified atom stereocenters. The summed E-state index contributed by atoms with van der Waals surface area (Å²) in [4.78, 5) is 12.4. The van der Waals surface area contributed by atoms with E-state index in [0.29, 0.717) is 0 Å². The number of nitrogens with one attached hydrogen (secondary N) is 1. The first-order chi connectivity index (χ1) is 9.45. The van der Waals surface area contributed by atoms with Crippen LogP contribution >= 0.6 is 31.0 Å². The van der Waals surface area contributed by atoms with Crippen LogP contribution in [-0.4, -0.2) is 39.0 Å². The Balaban J connectivity index is 3.78. The molecule has 0 fully saturated rings. The van der Waals surface area contributed by atoms with E-state index < -0.39 is 31.0 Å². The van der Waals surface area contributed by atoms with Crippen molar-refractivity contribution in [2.24, 2.45) is 13.5 Å². The molecule has 0 aromatic rings. The van der Waals surface area contributed by atoms with E-state index in [0.717, 1.165) is 33.0 Å². The fourth-order valence-corrected chi connectivity index (χ4v) is 10.9. The van der Waals surface area contributed by atoms with Crippen molar-refractivity contribution in [3.05, 3.63) is 0 Å². The highest BCUT2D eigenvalue weighted by Crippen LogP contribution is 2.81. The molecule has 8 nitrogen and oxygen atoms in total. The van der Waals surface area contributed by atoms with E-state index >= 15 is 0 Å². The second-order valence-electron chi connectivity index (χ2n) is 3.76. The van der Waals surface area contributed by atoms with Crippen molar-refractivity contribution in [1.82, 2.24) is 9.53 Å². The summed E-state index contributed by atoms with van der Waals surface area (Å²) in [6, 6.07) is -0.375. The zero-order valence-corrected chi connectivity index (χ0v) is 15.0. The van der Waals surface area contributed by atoms with Crippen LogP contribution in [0, 0.1) is 0 Å². The van der Waals surface area contributed by atoms with Gasteiger partial charge >= 0.3 is 37.1 Å². The Hall–Kier alpha value is 0.350. The van der Waals surface area contributed by atoms with Gasteiger partial charge in [0.2, 0.25) is 0 Å². The van der Waals surface area contributed by atoms with E-state index in [9.17, 15) is 21.6 Å². The maximum absolute atomic E-state index is 14.7. The number of hydrogen-bond acceptors (Lipinski definition) is 8. The first-order valence-electron chi connectivity index (χ1n) is 5.09. The highest BCUT2D eigenvalue weighted by molar-refractivity contribution is 7.92. The summed E-state index contributed by atoms with van der Waals surface area (Å²) in [5.41, 5.74) is 0. The lowest BCUT2D eigenvalue weighted by atomic mass is 11.3. The number of carbonyl (C=O) groups excluding carboxylic acids is 1. The van der Waals surface area contributed by atoms with Crippen molar-refractivity contribution in [2.75, 3.05) is 28.3 Å². The van der Waals surface area contributed by atoms with Crippen LogP contribution in [0.2, 0.25) is 0 Å². The molecular weight excluding hydrogens is 378 g/mol. The summed E-state index contributed by atoms with van der Waals surface area (Å²) in [6.45, 7) is 0. The molecule has 0 radical (unpaired) electrons. The molecule has 1 aliphatic rings. The minimum atomic E-state index is -4.86. The highest BCUT2D eigenvalue weighted by Gasteiger charge is 2.54. The summed E-state index contributed by atoms with van der Waals surface area (Å²) in [5, 5.41) is 0. The predicted octanol–water partition coefficient (Wildman–Crippen LogP) is 5.11. The molecule has 124 valence electrons. The maximum atomic E-state index is 14.7. The number of rotatable bonds is 4. The molecule has 0 aromatic carbocycles. The van der Waals surface area contributed by atoms with Gasteiger partial charge in [-0.15, -0.1) is 9.03 Å². The molecule has 1 heterocycles. The maximum Gasteiger partial charge on any atom is 0.469 e. The third kappa shape index (κ3) is 4.43. The van der Waals surface area contributed by atoms with Gasteiger partial charge in [0.15, 0.2) is 0 Å². The van der Waals surface area contributed by atoms with Crippen LogP contribution in [0.3, 0.4) is 0 Å². The van der Waals surface area contributed by atoms with E-state index in [4.69, 9.17) is 0 Å². The largest absolute Gasteiger partial charge is 0.469 e. The second-order valence-corrected chi connectivity index (χ2v) is 12.6. The lowest BCUT2D eigenvalue weighted by Crippen LogP contribution is -2.18. The van der Waals surface area contributed by atoms with Gasteiger partial charge in [-0.05, 0) is 18.3 Å². The van der Waals surface area contributed by atoms with Crippen LogP contribution in [0.15, 0.2) is 13.5 Å². The molecule has 0 aliphatic carbocycles. The normalized spacial score (nSPS) is 44.0. The topological polar surface area (TPSA) is 87.9 Å². The van der Waals surface area contributed by atoms with E-state index in [1.54, 1.807) is 4.86 Å². The molecule has 16 heteroatoms. The van der Waals surface area contributed by atoms with Crippen LogP contribution in [0.4, 0.5) is 16.8 Å². The quantitative estimate of drug-likeness (QED) is 0.408. The Morgan fingerprint density at radius 2 is 1.67 bits per heavy atom. The van der Waals surface area contributed by atoms with E-state index in [1.807, 2.05) is 0 Å². The monoisotopic (exact) mass is 392 g/mol. The van der Waals surface area contributed by atoms with Crippen molar-refractivity contribution in [3.63, 3.8) is 0 Å². The fourth-order valence-electron chi connectivity index (χ4n) is 1.06. The van der Waals surface area contributed by atoms with Crippen LogP contribution in [0.5, 0.6) is 0 Å². The Kier molecular flexibility index (Phi) is 5.96. The zero-order valence-electron chi connectivity index (χ0n) is 11.4. The van der Waals surface area contributed by atoms with Crippen molar-refractivity contribution < 1.29 is 30.6 Å². The van der Waals surface area contributed by atoms with Gasteiger partial charge < -0.3 is 9.05 Å². The summed E-state index contributed by atoms with van der Waals surface area (Å²) in [5.74, 6) is 0. The number of carbonyl (C=O) groups is 1. The number of halogens is 4. The van der Waals surface area contributed by atoms with E-state index in [2.05, 4.69) is 22.6 Å². The molecule has 0 amide bonds. The lowest BCUT2D eigenvalue weighted by molar-refractivity contribution is 0.407. The summed E-state index contributed by atoms with van der Waals surface area (Å²) in [6.07, 6.45) is 0. The van der Waals surface area contributed by atoms with Gasteiger partial charge in [0.05, 0.1) is 0 Å². The fraction of sp³-hybridized carbons (Fsp3) is 0.800. The molecule has 4 atom stereocenters. The zero-order chi connectivity index (χ0) is 16.5. The van der Waals surface area contributed by atoms with Crippen LogP contribution in [0.1, 0.15) is 0 Å². The van der Waals surface area contributed by atoms with E-state index in [1.165, 1.54) is 0 Å². The van der Waals surface area contributed by atoms with Crippen molar-refractivity contribution in [3.8, 4) is 0 Å². The minimum Gasteiger partial charge on any atom is -0.307 e. The van der Waals surface area contributed by atoms with Gasteiger partial charge in [-0.1, -0.05) is 4.86 Å². The van der Waals surface area contributed by atoms with E-state index in [-0.39, 0.29) is 6.03 Å². The Morgan fingerprint density at radius 1 is 1.14 bits per heavy atom. The van der Waals surface area contributed by atoms with Crippen LogP contribution < -0.4 is 4.86 Å². The molecule has 0 bridgehead atoms. The molecule has 21 heavy (non-hydrogen) atoms. The standard InChI is InChI=1S/C5H14F4N5O3P4/c1-14(2)19(7)10-18(6,5-15)11-20(8,16-3)13-21(9,12-19)17-4/h5,10H,1-4H3/q+1. The van der Waals surface area contributed by atoms with Crippen molar-refractivity contribution in [2.45, 2.75) is 0 Å². The van der Waals surface area contributed by atoms with Crippen molar-refractivity contribution >= 4 is 37.1 Å². The van der Waals surface area contributed by atoms with Gasteiger partial charge in [-0.25, -0.2) is 9.46 Å². The first kappa shape index (κ1) is 19.4. The van der Waals surface area contributed by atoms with Crippen LogP contribution in [0.25, 0.3) is 0 Å². The minimum absolute atomic E-state index is 0.375. The smallest absolute Gasteiger partial charge is 0.307 e. The number of hydrogen-bond donors (Lipinski definition) is 1. The molecule has 1 N–H and O–H groups in total. The Labute approximate surface area is 120 Å². The molecule has 0 saturated heterocycles. The van der Waals surface area contributed by atoms with Gasteiger partial charge in [-0.3, -0.25) is 0 Å². The molecule has 0 spiro atoms. The first-order valence-corrected chi connectivity index (χ1v) is 11.4. The number of nitrogens with zero attached hydrogens (tertiary/aromatic N) is 4. The van der Waals surface area contributed by atoms with Gasteiger partial charge in [0.1, 0.15) is 0 Å². The third-order valence-electron chi connectivity index (χ3n) is 2.09. The molecule has 1 rings (SSSR count). The third-order valence-corrected chi connectivity index (χ3v) is 12.0. The van der Waals surface area contributed by atoms with Gasteiger partial charge in [0.25, 0.3) is 0 Å². The average molecular weight is 392 g/mol.